The number of rotatable bonds is 1. The van der Waals surface area contributed by atoms with Gasteiger partial charge >= 0.3 is 0 Å². The Balaban J connectivity index is 2.10. The molecule has 1 fully saturated rings. The van der Waals surface area contributed by atoms with Gasteiger partial charge < -0.3 is 10.2 Å². The number of nitrogens with zero attached hydrogens (tertiary/aromatic N) is 1. The average molecular weight is 232 g/mol. The molecule has 0 unspecified atom stereocenters. The van der Waals surface area contributed by atoms with Gasteiger partial charge in [-0.2, -0.15) is 0 Å². The van der Waals surface area contributed by atoms with E-state index in [1.807, 2.05) is 36.1 Å². The quantitative estimate of drug-likeness (QED) is 0.801. The molecular formula is C14H20N2O. The van der Waals surface area contributed by atoms with Crippen LogP contribution < -0.4 is 5.32 Å². The minimum absolute atomic E-state index is 0.173. The molecule has 1 saturated heterocycles. The van der Waals surface area contributed by atoms with Gasteiger partial charge in [0.1, 0.15) is 0 Å². The Bertz CT molecular complexity index is 382. The standard InChI is InChI=1S/C14H20N2O/c1-12-6-2-3-7-13(12)14(17)16-10-5-4-8-15-9-11-16/h2-3,6-7,15H,4-5,8-11H2,1H3. The smallest absolute Gasteiger partial charge is 0.254 e. The van der Waals surface area contributed by atoms with Crippen LogP contribution in [0.15, 0.2) is 24.3 Å². The molecule has 1 heterocycles. The molecule has 1 amide bonds. The van der Waals surface area contributed by atoms with E-state index in [2.05, 4.69) is 5.32 Å². The second-order valence-electron chi connectivity index (χ2n) is 4.56. The van der Waals surface area contributed by atoms with E-state index in [1.165, 1.54) is 0 Å². The van der Waals surface area contributed by atoms with Gasteiger partial charge in [-0.15, -0.1) is 0 Å². The van der Waals surface area contributed by atoms with Crippen LogP contribution in [-0.2, 0) is 0 Å². The molecule has 0 aromatic heterocycles. The van der Waals surface area contributed by atoms with Crippen molar-refractivity contribution in [3.05, 3.63) is 35.4 Å². The van der Waals surface area contributed by atoms with Crippen molar-refractivity contribution in [1.82, 2.24) is 10.2 Å². The zero-order chi connectivity index (χ0) is 12.1. The molecule has 0 atom stereocenters. The average Bonchev–Trinajstić information content (AvgIpc) is 2.28. The molecule has 92 valence electrons. The van der Waals surface area contributed by atoms with Crippen molar-refractivity contribution in [1.29, 1.82) is 0 Å². The highest BCUT2D eigenvalue weighted by molar-refractivity contribution is 5.95. The van der Waals surface area contributed by atoms with Gasteiger partial charge in [0, 0.05) is 25.2 Å². The fourth-order valence-electron chi connectivity index (χ4n) is 2.19. The fraction of sp³-hybridized carbons (Fsp3) is 0.500. The third-order valence-electron chi connectivity index (χ3n) is 3.25. The first-order valence-electron chi connectivity index (χ1n) is 6.34. The Morgan fingerprint density at radius 1 is 1.18 bits per heavy atom. The molecule has 1 N–H and O–H groups in total. The molecule has 2 rings (SSSR count). The molecule has 0 radical (unpaired) electrons. The summed E-state index contributed by atoms with van der Waals surface area (Å²) in [7, 11) is 0. The minimum atomic E-state index is 0.173. The molecule has 0 spiro atoms. The van der Waals surface area contributed by atoms with E-state index in [0.717, 1.165) is 50.1 Å². The lowest BCUT2D eigenvalue weighted by molar-refractivity contribution is 0.0747. The van der Waals surface area contributed by atoms with Crippen LogP contribution in [0.4, 0.5) is 0 Å². The Morgan fingerprint density at radius 3 is 2.82 bits per heavy atom. The van der Waals surface area contributed by atoms with Crippen LogP contribution in [0.25, 0.3) is 0 Å². The molecule has 3 nitrogen and oxygen atoms in total. The van der Waals surface area contributed by atoms with Crippen molar-refractivity contribution >= 4 is 5.91 Å². The molecule has 17 heavy (non-hydrogen) atoms. The van der Waals surface area contributed by atoms with Gasteiger partial charge in [-0.25, -0.2) is 0 Å². The van der Waals surface area contributed by atoms with Crippen molar-refractivity contribution in [2.24, 2.45) is 0 Å². The van der Waals surface area contributed by atoms with E-state index < -0.39 is 0 Å². The van der Waals surface area contributed by atoms with Crippen LogP contribution in [0.1, 0.15) is 28.8 Å². The SMILES string of the molecule is Cc1ccccc1C(=O)N1CCCCNCC1. The summed E-state index contributed by atoms with van der Waals surface area (Å²) in [5.41, 5.74) is 1.90. The number of hydrogen-bond acceptors (Lipinski definition) is 2. The largest absolute Gasteiger partial charge is 0.337 e. The minimum Gasteiger partial charge on any atom is -0.337 e. The van der Waals surface area contributed by atoms with E-state index in [0.29, 0.717) is 0 Å². The lowest BCUT2D eigenvalue weighted by Gasteiger charge is -2.25. The molecule has 1 aromatic rings. The molecule has 1 aromatic carbocycles. The molecule has 0 aliphatic carbocycles. The van der Waals surface area contributed by atoms with Crippen LogP contribution in [0.3, 0.4) is 0 Å². The summed E-state index contributed by atoms with van der Waals surface area (Å²) in [6.07, 6.45) is 2.24. The van der Waals surface area contributed by atoms with Gasteiger partial charge in [0.05, 0.1) is 0 Å². The van der Waals surface area contributed by atoms with Crippen molar-refractivity contribution in [2.75, 3.05) is 26.2 Å². The first-order chi connectivity index (χ1) is 8.29. The normalized spacial score (nSPS) is 17.4. The van der Waals surface area contributed by atoms with Gasteiger partial charge in [0.15, 0.2) is 0 Å². The van der Waals surface area contributed by atoms with E-state index in [9.17, 15) is 4.79 Å². The van der Waals surface area contributed by atoms with Crippen LogP contribution >= 0.6 is 0 Å². The summed E-state index contributed by atoms with van der Waals surface area (Å²) in [5.74, 6) is 0.173. The maximum atomic E-state index is 12.4. The molecule has 3 heteroatoms. The zero-order valence-electron chi connectivity index (χ0n) is 10.4. The Kier molecular flexibility index (Phi) is 4.15. The first-order valence-corrected chi connectivity index (χ1v) is 6.34. The van der Waals surface area contributed by atoms with Crippen LogP contribution in [-0.4, -0.2) is 37.0 Å². The molecule has 0 bridgehead atoms. The fourth-order valence-corrected chi connectivity index (χ4v) is 2.19. The predicted octanol–water partition coefficient (Wildman–Crippen LogP) is 1.82. The summed E-state index contributed by atoms with van der Waals surface area (Å²) in [5, 5.41) is 3.34. The monoisotopic (exact) mass is 232 g/mol. The summed E-state index contributed by atoms with van der Waals surface area (Å²) in [4.78, 5) is 14.4. The molecule has 1 aliphatic heterocycles. The summed E-state index contributed by atoms with van der Waals surface area (Å²) >= 11 is 0. The molecule has 0 saturated carbocycles. The molecule has 1 aliphatic rings. The number of nitrogens with one attached hydrogen (secondary N) is 1. The van der Waals surface area contributed by atoms with Crippen LogP contribution in [0.2, 0.25) is 0 Å². The topological polar surface area (TPSA) is 32.3 Å². The number of hydrogen-bond donors (Lipinski definition) is 1. The Hall–Kier alpha value is -1.35. The van der Waals surface area contributed by atoms with E-state index in [-0.39, 0.29) is 5.91 Å². The Labute approximate surface area is 103 Å². The van der Waals surface area contributed by atoms with E-state index >= 15 is 0 Å². The van der Waals surface area contributed by atoms with E-state index in [1.54, 1.807) is 0 Å². The highest BCUT2D eigenvalue weighted by Crippen LogP contribution is 2.11. The second kappa shape index (κ2) is 5.82. The first kappa shape index (κ1) is 12.1. The zero-order valence-corrected chi connectivity index (χ0v) is 10.4. The number of benzene rings is 1. The van der Waals surface area contributed by atoms with Crippen LogP contribution in [0.5, 0.6) is 0 Å². The number of amides is 1. The third-order valence-corrected chi connectivity index (χ3v) is 3.25. The highest BCUT2D eigenvalue weighted by Gasteiger charge is 2.17. The van der Waals surface area contributed by atoms with Crippen molar-refractivity contribution in [3.63, 3.8) is 0 Å². The number of carbonyl (C=O) groups is 1. The summed E-state index contributed by atoms with van der Waals surface area (Å²) in [6, 6.07) is 7.82. The van der Waals surface area contributed by atoms with Gasteiger partial charge in [0.25, 0.3) is 5.91 Å². The van der Waals surface area contributed by atoms with Gasteiger partial charge in [-0.3, -0.25) is 4.79 Å². The number of aryl methyl sites for hydroxylation is 1. The van der Waals surface area contributed by atoms with Gasteiger partial charge in [-0.1, -0.05) is 18.2 Å². The second-order valence-corrected chi connectivity index (χ2v) is 4.56. The van der Waals surface area contributed by atoms with Crippen LogP contribution in [0, 0.1) is 6.92 Å². The maximum Gasteiger partial charge on any atom is 0.254 e. The highest BCUT2D eigenvalue weighted by atomic mass is 16.2. The van der Waals surface area contributed by atoms with Gasteiger partial charge in [-0.05, 0) is 37.9 Å². The van der Waals surface area contributed by atoms with Gasteiger partial charge in [0.2, 0.25) is 0 Å². The molecular weight excluding hydrogens is 212 g/mol. The predicted molar refractivity (Wildman–Crippen MR) is 69.2 cm³/mol. The van der Waals surface area contributed by atoms with E-state index in [4.69, 9.17) is 0 Å². The lowest BCUT2D eigenvalue weighted by atomic mass is 10.1. The lowest BCUT2D eigenvalue weighted by Crippen LogP contribution is -2.40. The Morgan fingerprint density at radius 2 is 2.00 bits per heavy atom. The summed E-state index contributed by atoms with van der Waals surface area (Å²) in [6.45, 7) is 5.67. The van der Waals surface area contributed by atoms with Crippen molar-refractivity contribution < 1.29 is 4.79 Å². The number of carbonyl (C=O) groups excluding carboxylic acids is 1. The third kappa shape index (κ3) is 3.07. The van der Waals surface area contributed by atoms with Crippen molar-refractivity contribution in [3.8, 4) is 0 Å². The summed E-state index contributed by atoms with van der Waals surface area (Å²) < 4.78 is 0. The maximum absolute atomic E-state index is 12.4. The van der Waals surface area contributed by atoms with Crippen molar-refractivity contribution in [2.45, 2.75) is 19.8 Å².